The minimum Gasteiger partial charge on any atom is -0.509 e. The Hall–Kier alpha value is -6.42. The van der Waals surface area contributed by atoms with Crippen molar-refractivity contribution >= 4 is 44.6 Å². The fourth-order valence-corrected chi connectivity index (χ4v) is 9.98. The minimum atomic E-state index is -0.224. The van der Waals surface area contributed by atoms with E-state index in [1.807, 2.05) is 18.3 Å². The number of benzene rings is 7. The van der Waals surface area contributed by atoms with Gasteiger partial charge in [-0.25, -0.2) is 4.98 Å². The first-order valence-corrected chi connectivity index (χ1v) is 25.1. The maximum absolute atomic E-state index is 6.81. The molecule has 0 bridgehead atoms. The molecule has 6 heteroatoms. The summed E-state index contributed by atoms with van der Waals surface area (Å²) in [6, 6.07) is 64.6. The standard InChI is InChI=1S/C66H67N4O.Pt/c1-62(2,3)46-27-32-58-60(39-46)68(43-69(58)52-36-49(64(7,8)9)35-50(37-52)66(12,13)45-23-18-15-19-24-45)51-25-20-26-53(41-51)71-54-29-30-55-56-38-48(65(10,11)44-21-16-14-17-22-44)28-31-57(56)70(59(55)42-54)61-40-47(33-34-67-61)63(4,5)6;/h14-40,43H,1-13H3;/q-3;. The molecule has 0 saturated heterocycles. The molecule has 9 aromatic rings. The Morgan fingerprint density at radius 3 is 1.69 bits per heavy atom. The molecule has 72 heavy (non-hydrogen) atoms. The molecule has 7 aromatic carbocycles. The van der Waals surface area contributed by atoms with Gasteiger partial charge in [-0.3, -0.25) is 0 Å². The van der Waals surface area contributed by atoms with Gasteiger partial charge in [0.15, 0.2) is 0 Å². The van der Waals surface area contributed by atoms with E-state index >= 15 is 0 Å². The van der Waals surface area contributed by atoms with Crippen LogP contribution >= 0.6 is 0 Å². The summed E-state index contributed by atoms with van der Waals surface area (Å²) in [6.45, 7) is 31.9. The Balaban J connectivity index is 0.00000640. The fourth-order valence-electron chi connectivity index (χ4n) is 9.98. The van der Waals surface area contributed by atoms with Crippen LogP contribution in [0.5, 0.6) is 11.5 Å². The summed E-state index contributed by atoms with van der Waals surface area (Å²) in [4.78, 5) is 9.59. The molecule has 0 radical (unpaired) electrons. The van der Waals surface area contributed by atoms with Gasteiger partial charge in [0.05, 0.1) is 0 Å². The van der Waals surface area contributed by atoms with Crippen molar-refractivity contribution in [1.82, 2.24) is 9.55 Å². The van der Waals surface area contributed by atoms with Crippen LogP contribution in [0.3, 0.4) is 0 Å². The number of nitrogens with zero attached hydrogens (tertiary/aromatic N) is 4. The van der Waals surface area contributed by atoms with Gasteiger partial charge < -0.3 is 19.1 Å². The number of rotatable bonds is 9. The molecular weight excluding hydrogens is 1060 g/mol. The number of anilines is 4. The Morgan fingerprint density at radius 2 is 1.04 bits per heavy atom. The molecule has 370 valence electrons. The van der Waals surface area contributed by atoms with Crippen LogP contribution < -0.4 is 14.5 Å². The van der Waals surface area contributed by atoms with Crippen LogP contribution in [0, 0.1) is 18.8 Å². The Morgan fingerprint density at radius 1 is 0.444 bits per heavy atom. The number of ether oxygens (including phenoxy) is 1. The van der Waals surface area contributed by atoms with Crippen LogP contribution in [0.1, 0.15) is 129 Å². The van der Waals surface area contributed by atoms with Crippen LogP contribution in [0.4, 0.5) is 22.7 Å². The molecule has 5 nitrogen and oxygen atoms in total. The second kappa shape index (κ2) is 18.6. The van der Waals surface area contributed by atoms with E-state index in [2.05, 4.69) is 269 Å². The smallest absolute Gasteiger partial charge is 0.135 e. The largest absolute Gasteiger partial charge is 0.509 e. The Kier molecular flexibility index (Phi) is 13.0. The zero-order chi connectivity index (χ0) is 50.3. The Labute approximate surface area is 443 Å². The Bertz CT molecular complexity index is 3440. The van der Waals surface area contributed by atoms with Crippen molar-refractivity contribution in [2.24, 2.45) is 0 Å². The average Bonchev–Trinajstić information content (AvgIpc) is 3.89. The van der Waals surface area contributed by atoms with Crippen molar-refractivity contribution in [3.63, 3.8) is 0 Å². The van der Waals surface area contributed by atoms with Gasteiger partial charge in [-0.2, -0.15) is 12.1 Å². The summed E-state index contributed by atoms with van der Waals surface area (Å²) >= 11 is 0. The first-order chi connectivity index (χ1) is 33.6. The molecule has 0 unspecified atom stereocenters. The van der Waals surface area contributed by atoms with Gasteiger partial charge in [-0.05, 0) is 103 Å². The van der Waals surface area contributed by atoms with Crippen LogP contribution in [-0.2, 0) is 48.1 Å². The molecule has 10 rings (SSSR count). The molecule has 1 aliphatic rings. The zero-order valence-electron chi connectivity index (χ0n) is 44.2. The molecule has 0 fully saturated rings. The predicted molar refractivity (Wildman–Crippen MR) is 297 cm³/mol. The number of fused-ring (bicyclic) bond motifs is 4. The van der Waals surface area contributed by atoms with Crippen LogP contribution in [0.15, 0.2) is 164 Å². The first kappa shape index (κ1) is 50.5. The van der Waals surface area contributed by atoms with E-state index in [4.69, 9.17) is 9.72 Å². The van der Waals surface area contributed by atoms with Crippen molar-refractivity contribution in [2.45, 2.75) is 117 Å². The molecule has 2 aromatic heterocycles. The minimum absolute atomic E-state index is 0. The van der Waals surface area contributed by atoms with Gasteiger partial charge in [0, 0.05) is 72.2 Å². The first-order valence-electron chi connectivity index (χ1n) is 25.1. The summed E-state index contributed by atoms with van der Waals surface area (Å²) < 4.78 is 9.06. The van der Waals surface area contributed by atoms with E-state index in [9.17, 15) is 0 Å². The maximum Gasteiger partial charge on any atom is 0.135 e. The normalized spacial score (nSPS) is 13.4. The SMILES string of the molecule is CC(C)(C)c1cc(N2[CH-]N(c3[c-]c(Oc4[c-]c5c(cc4)c4cc(C(C)(C)c6ccccc6)ccc4n5-c4cc(C(C)(C)C)ccn4)ccc3)c3cc(C(C)(C)C)ccc32)cc(C(C)(C)c2ccccc2)c1.[Pt]. The van der Waals surface area contributed by atoms with E-state index in [1.54, 1.807) is 0 Å². The van der Waals surface area contributed by atoms with Gasteiger partial charge in [0.2, 0.25) is 0 Å². The van der Waals surface area contributed by atoms with Crippen molar-refractivity contribution in [3.8, 4) is 17.3 Å². The van der Waals surface area contributed by atoms with Gasteiger partial charge >= 0.3 is 0 Å². The van der Waals surface area contributed by atoms with E-state index in [0.29, 0.717) is 11.5 Å². The van der Waals surface area contributed by atoms with Crippen LogP contribution in [0.2, 0.25) is 0 Å². The molecular formula is C66H67N4OPt-3. The van der Waals surface area contributed by atoms with Crippen molar-refractivity contribution in [3.05, 3.63) is 222 Å². The third kappa shape index (κ3) is 9.42. The molecule has 0 atom stereocenters. The van der Waals surface area contributed by atoms with Crippen molar-refractivity contribution in [2.75, 3.05) is 9.80 Å². The topological polar surface area (TPSA) is 33.5 Å². The molecule has 0 aliphatic carbocycles. The maximum atomic E-state index is 6.81. The third-order valence-electron chi connectivity index (χ3n) is 14.8. The summed E-state index contributed by atoms with van der Waals surface area (Å²) in [5.41, 5.74) is 14.4. The van der Waals surface area contributed by atoms with Gasteiger partial charge in [-0.15, -0.1) is 48.1 Å². The summed E-state index contributed by atoms with van der Waals surface area (Å²) in [5.74, 6) is 2.05. The number of pyridine rings is 1. The number of hydrogen-bond donors (Lipinski definition) is 0. The third-order valence-corrected chi connectivity index (χ3v) is 14.8. The summed E-state index contributed by atoms with van der Waals surface area (Å²) in [5, 5.41) is 2.23. The second-order valence-corrected chi connectivity index (χ2v) is 23.6. The van der Waals surface area contributed by atoms with Crippen molar-refractivity contribution in [1.29, 1.82) is 0 Å². The van der Waals surface area contributed by atoms with Gasteiger partial charge in [0.25, 0.3) is 0 Å². The van der Waals surface area contributed by atoms with Crippen LogP contribution in [0.25, 0.3) is 27.6 Å². The van der Waals surface area contributed by atoms with E-state index in [-0.39, 0.29) is 48.1 Å². The van der Waals surface area contributed by atoms with Crippen molar-refractivity contribution < 1.29 is 25.8 Å². The summed E-state index contributed by atoms with van der Waals surface area (Å²) in [6.07, 6.45) is 1.92. The van der Waals surface area contributed by atoms with Crippen LogP contribution in [-0.4, -0.2) is 9.55 Å². The molecule has 1 aliphatic heterocycles. The fraction of sp³-hybridized carbons (Fsp3) is 0.273. The number of hydrogen-bond acceptors (Lipinski definition) is 4. The molecule has 0 amide bonds. The zero-order valence-corrected chi connectivity index (χ0v) is 46.5. The van der Waals surface area contributed by atoms with E-state index in [0.717, 1.165) is 50.4 Å². The molecule has 3 heterocycles. The monoisotopic (exact) mass is 1130 g/mol. The molecule has 0 saturated carbocycles. The average molecular weight is 1130 g/mol. The van der Waals surface area contributed by atoms with E-state index < -0.39 is 0 Å². The van der Waals surface area contributed by atoms with Gasteiger partial charge in [0.1, 0.15) is 5.82 Å². The molecule has 0 N–H and O–H groups in total. The molecule has 0 spiro atoms. The van der Waals surface area contributed by atoms with Gasteiger partial charge in [-0.1, -0.05) is 180 Å². The van der Waals surface area contributed by atoms with E-state index in [1.165, 1.54) is 38.9 Å². The number of aromatic nitrogens is 2. The quantitative estimate of drug-likeness (QED) is 0.135. The second-order valence-electron chi connectivity index (χ2n) is 23.6. The predicted octanol–water partition coefficient (Wildman–Crippen LogP) is 17.5. The summed E-state index contributed by atoms with van der Waals surface area (Å²) in [7, 11) is 0.